The molecule has 0 atom stereocenters. The topological polar surface area (TPSA) is 430 Å². The molecule has 0 rings (SSSR count). The zero-order valence-electron chi connectivity index (χ0n) is 44.8. The SMILES string of the molecule is C=CCONN(C(=O)C=C)N(CC=C)CO[Si](C)(C)O.C[Si](C)(C)OCNNN.C[Si](C)(O)OCN(CCNCNCNCNCN)N(NOCCNCNCNCNCN)C(=O)CNCNCNCNCN. The van der Waals surface area contributed by atoms with Crippen LogP contribution >= 0.6 is 0 Å². The molecule has 0 fully saturated rings. The fraction of sp³-hybridized carbons (Fsp3) is 0.784. The minimum atomic E-state index is -2.88. The van der Waals surface area contributed by atoms with E-state index in [2.05, 4.69) is 125 Å². The molecule has 0 aromatic heterocycles. The summed E-state index contributed by atoms with van der Waals surface area (Å²) in [6, 6.07) is 0. The molecule has 434 valence electrons. The molecule has 33 nitrogen and oxygen atoms in total. The molecule has 0 aromatic carbocycles. The number of carbonyl (C=O) groups is 2. The Labute approximate surface area is 437 Å². The number of hydrogen-bond acceptors (Lipinski definition) is 31. The molecule has 0 aliphatic rings. The lowest BCUT2D eigenvalue weighted by Crippen LogP contribution is -2.59. The predicted octanol–water partition coefficient (Wildman–Crippen LogP) is -7.96. The maximum Gasteiger partial charge on any atom is 0.330 e. The van der Waals surface area contributed by atoms with Crippen LogP contribution in [0.15, 0.2) is 38.0 Å². The van der Waals surface area contributed by atoms with Crippen LogP contribution < -0.4 is 109 Å². The molecule has 0 heterocycles. The van der Waals surface area contributed by atoms with Crippen molar-refractivity contribution in [1.29, 1.82) is 0 Å². The summed E-state index contributed by atoms with van der Waals surface area (Å²) in [5.41, 5.74) is 26.3. The maximum atomic E-state index is 13.3. The number of nitrogens with one attached hydrogen (secondary N) is 16. The zero-order chi connectivity index (χ0) is 55.5. The number of rotatable bonds is 50. The van der Waals surface area contributed by atoms with Crippen LogP contribution in [0.2, 0.25) is 45.8 Å². The fourth-order valence-electron chi connectivity index (χ4n) is 4.32. The van der Waals surface area contributed by atoms with Crippen molar-refractivity contribution >= 4 is 37.3 Å². The number of nitrogens with zero attached hydrogens (tertiary/aromatic N) is 4. The van der Waals surface area contributed by atoms with Gasteiger partial charge in [0, 0.05) is 106 Å². The van der Waals surface area contributed by atoms with Gasteiger partial charge in [-0.3, -0.25) is 78.3 Å². The van der Waals surface area contributed by atoms with Crippen molar-refractivity contribution in [1.82, 2.24) is 106 Å². The lowest BCUT2D eigenvalue weighted by Gasteiger charge is -2.35. The summed E-state index contributed by atoms with van der Waals surface area (Å²) in [5.74, 6) is 4.19. The highest BCUT2D eigenvalue weighted by Crippen LogP contribution is 2.05. The lowest BCUT2D eigenvalue weighted by atomic mass is 10.5. The van der Waals surface area contributed by atoms with Crippen LogP contribution in [-0.4, -0.2) is 213 Å². The second-order valence-corrected chi connectivity index (χ2v) is 27.3. The molecule has 0 radical (unpaired) electrons. The van der Waals surface area contributed by atoms with Gasteiger partial charge in [-0.05, 0) is 51.9 Å². The van der Waals surface area contributed by atoms with Crippen LogP contribution in [0.5, 0.6) is 0 Å². The minimum absolute atomic E-state index is 0.00573. The number of hydrazine groups is 6. The summed E-state index contributed by atoms with van der Waals surface area (Å²) in [6.45, 7) is 32.3. The van der Waals surface area contributed by atoms with Crippen molar-refractivity contribution < 1.29 is 42.1 Å². The van der Waals surface area contributed by atoms with Crippen LogP contribution in [0.3, 0.4) is 0 Å². The average Bonchev–Trinajstić information content (AvgIpc) is 3.33. The normalized spacial score (nSPS) is 11.8. The van der Waals surface area contributed by atoms with Gasteiger partial charge in [0.1, 0.15) is 13.5 Å². The molecule has 26 N–H and O–H groups in total. The first-order valence-corrected chi connectivity index (χ1v) is 32.8. The van der Waals surface area contributed by atoms with Crippen LogP contribution in [0.4, 0.5) is 0 Å². The third-order valence-corrected chi connectivity index (χ3v) is 10.4. The Kier molecular flexibility index (Phi) is 53.1. The quantitative estimate of drug-likeness (QED) is 0.00512. The van der Waals surface area contributed by atoms with Crippen molar-refractivity contribution in [2.24, 2.45) is 23.0 Å². The molecule has 0 bridgehead atoms. The maximum absolute atomic E-state index is 13.3. The van der Waals surface area contributed by atoms with Crippen molar-refractivity contribution in [3.8, 4) is 0 Å². The summed E-state index contributed by atoms with van der Waals surface area (Å²) >= 11 is 0. The van der Waals surface area contributed by atoms with Crippen molar-refractivity contribution in [2.45, 2.75) is 45.8 Å². The van der Waals surface area contributed by atoms with E-state index in [4.69, 9.17) is 46.0 Å². The number of carbonyl (C=O) groups excluding carboxylic acids is 2. The third-order valence-electron chi connectivity index (χ3n) is 7.73. The lowest BCUT2D eigenvalue weighted by molar-refractivity contribution is -0.210. The summed E-state index contributed by atoms with van der Waals surface area (Å²) in [4.78, 5) is 55.7. The first-order valence-electron chi connectivity index (χ1n) is 23.7. The van der Waals surface area contributed by atoms with Crippen LogP contribution in [0, 0.1) is 0 Å². The Morgan fingerprint density at radius 3 is 1.47 bits per heavy atom. The van der Waals surface area contributed by atoms with Crippen LogP contribution in [0.1, 0.15) is 0 Å². The Balaban J connectivity index is -0.00000138. The summed E-state index contributed by atoms with van der Waals surface area (Å²) in [6.07, 6.45) is 4.25. The Hall–Kier alpha value is -2.35. The number of nitrogens with two attached hydrogens (primary N) is 4. The fourth-order valence-corrected chi connectivity index (χ4v) is 5.76. The summed E-state index contributed by atoms with van der Waals surface area (Å²) < 4.78 is 16.4. The van der Waals surface area contributed by atoms with Crippen LogP contribution in [0.25, 0.3) is 0 Å². The highest BCUT2D eigenvalue weighted by atomic mass is 28.4. The van der Waals surface area contributed by atoms with E-state index in [1.54, 1.807) is 37.3 Å². The molecule has 0 aromatic rings. The van der Waals surface area contributed by atoms with Crippen molar-refractivity contribution in [3.05, 3.63) is 38.0 Å². The first-order chi connectivity index (χ1) is 34.8. The van der Waals surface area contributed by atoms with Crippen LogP contribution in [-0.2, 0) is 32.5 Å². The average molecular weight is 1110 g/mol. The van der Waals surface area contributed by atoms with Gasteiger partial charge in [-0.2, -0.15) is 25.8 Å². The Morgan fingerprint density at radius 2 is 1.03 bits per heavy atom. The van der Waals surface area contributed by atoms with Gasteiger partial charge in [0.2, 0.25) is 0 Å². The smallest absolute Gasteiger partial charge is 0.330 e. The minimum Gasteiger partial charge on any atom is -0.411 e. The number of amides is 2. The van der Waals surface area contributed by atoms with Gasteiger partial charge in [0.25, 0.3) is 11.8 Å². The van der Waals surface area contributed by atoms with E-state index in [-0.39, 0.29) is 39.1 Å². The van der Waals surface area contributed by atoms with E-state index in [0.29, 0.717) is 113 Å². The van der Waals surface area contributed by atoms with Crippen molar-refractivity contribution in [2.75, 3.05) is 146 Å². The highest BCUT2D eigenvalue weighted by molar-refractivity contribution is 6.69. The van der Waals surface area contributed by atoms with Gasteiger partial charge in [0.15, 0.2) is 8.32 Å². The largest absolute Gasteiger partial charge is 0.411 e. The molecule has 0 spiro atoms. The number of hydrogen-bond donors (Lipinski definition) is 22. The standard InChI is InChI=1S/C21H62N18O4Si.C12H23N3O4Si.C4H15N3OSi/c1-44(2,41)43-20-38(5-3-25-11-31-17-34-14-28-8-22)39(21(40)7-27-13-33-19-36-16-30-10-24)37-42-6-4-26-12-32-18-35-15-29-9-23;1-6-9-14(11-19-20(4,5)17)15(12(16)8-3)13-18-10-7-2;1-9(2,3)8-4-6-7-5/h25-37,41H,3-20,22-24H2,1-2H3;6-8,13,17H,1-3,9-11H2,4-5H3;6-7H,4-5H2,1-3H3. The van der Waals surface area contributed by atoms with E-state index >= 15 is 0 Å². The van der Waals surface area contributed by atoms with Gasteiger partial charge in [-0.25, -0.2) is 5.43 Å². The molecule has 0 aliphatic heterocycles. The predicted molar refractivity (Wildman–Crippen MR) is 290 cm³/mol. The molecule has 2 amide bonds. The van der Waals surface area contributed by atoms with Gasteiger partial charge in [0.05, 0.1) is 26.5 Å². The summed E-state index contributed by atoms with van der Waals surface area (Å²) in [5, 5.41) is 42.7. The van der Waals surface area contributed by atoms with Gasteiger partial charge < -0.3 is 50.7 Å². The highest BCUT2D eigenvalue weighted by Gasteiger charge is 2.27. The molecule has 0 saturated heterocycles. The molecule has 0 aliphatic carbocycles. The monoisotopic (exact) mass is 1110 g/mol. The first kappa shape index (κ1) is 74.9. The Morgan fingerprint density at radius 1 is 0.575 bits per heavy atom. The second-order valence-electron chi connectivity index (χ2n) is 16.4. The Bertz CT molecular complexity index is 1310. The molecule has 0 unspecified atom stereocenters. The van der Waals surface area contributed by atoms with E-state index in [0.717, 1.165) is 11.2 Å². The van der Waals surface area contributed by atoms with E-state index in [1.165, 1.54) is 16.2 Å². The van der Waals surface area contributed by atoms with Crippen molar-refractivity contribution in [3.63, 3.8) is 0 Å². The van der Waals surface area contributed by atoms with Gasteiger partial charge in [-0.15, -0.1) is 13.2 Å². The molecule has 73 heavy (non-hydrogen) atoms. The summed E-state index contributed by atoms with van der Waals surface area (Å²) in [7, 11) is -6.93. The zero-order valence-corrected chi connectivity index (χ0v) is 47.8. The molecular weight excluding hydrogens is 1010 g/mol. The molecular formula is C37H100N24O9Si3. The second kappa shape index (κ2) is 51.7. The van der Waals surface area contributed by atoms with Gasteiger partial charge in [-0.1, -0.05) is 29.9 Å². The molecule has 36 heteroatoms. The van der Waals surface area contributed by atoms with E-state index in [9.17, 15) is 19.2 Å². The van der Waals surface area contributed by atoms with E-state index < -0.39 is 31.3 Å². The third kappa shape index (κ3) is 55.7. The van der Waals surface area contributed by atoms with Gasteiger partial charge >= 0.3 is 17.1 Å². The molecule has 0 saturated carbocycles. The van der Waals surface area contributed by atoms with E-state index in [1.807, 2.05) is 0 Å².